The Balaban J connectivity index is 2.44. The van der Waals surface area contributed by atoms with Crippen LogP contribution in [0.5, 0.6) is 0 Å². The summed E-state index contributed by atoms with van der Waals surface area (Å²) >= 11 is 5.73. The van der Waals surface area contributed by atoms with Crippen LogP contribution >= 0.6 is 11.6 Å². The van der Waals surface area contributed by atoms with Crippen LogP contribution in [0.2, 0.25) is 5.02 Å². The summed E-state index contributed by atoms with van der Waals surface area (Å²) in [5, 5.41) is 8.05. The number of nitrogen functional groups attached to an aromatic ring is 1. The third-order valence-electron chi connectivity index (χ3n) is 2.51. The lowest BCUT2D eigenvalue weighted by Gasteiger charge is -2.12. The highest BCUT2D eigenvalue weighted by molar-refractivity contribution is 7.89. The zero-order valence-corrected chi connectivity index (χ0v) is 11.7. The van der Waals surface area contributed by atoms with E-state index in [1.807, 2.05) is 0 Å². The van der Waals surface area contributed by atoms with Gasteiger partial charge in [-0.25, -0.2) is 17.9 Å². The molecule has 2 aromatic rings. The molecule has 0 heterocycles. The van der Waals surface area contributed by atoms with Crippen molar-refractivity contribution in [3.05, 3.63) is 47.2 Å². The van der Waals surface area contributed by atoms with Crippen molar-refractivity contribution in [1.29, 1.82) is 0 Å². The van der Waals surface area contributed by atoms with Crippen LogP contribution in [0.1, 0.15) is 0 Å². The highest BCUT2D eigenvalue weighted by atomic mass is 35.5. The van der Waals surface area contributed by atoms with Crippen LogP contribution in [-0.4, -0.2) is 8.42 Å². The second-order valence-corrected chi connectivity index (χ2v) is 6.01. The summed E-state index contributed by atoms with van der Waals surface area (Å²) in [6.07, 6.45) is 0. The lowest BCUT2D eigenvalue weighted by atomic mass is 10.2. The average Bonchev–Trinajstić information content (AvgIpc) is 2.29. The van der Waals surface area contributed by atoms with Gasteiger partial charge in [-0.1, -0.05) is 17.7 Å². The van der Waals surface area contributed by atoms with E-state index in [0.717, 1.165) is 6.07 Å². The number of nitrogens with two attached hydrogens (primary N) is 2. The van der Waals surface area contributed by atoms with Crippen LogP contribution in [0.3, 0.4) is 0 Å². The monoisotopic (exact) mass is 315 g/mol. The fourth-order valence-corrected chi connectivity index (χ4v) is 2.59. The van der Waals surface area contributed by atoms with Crippen LogP contribution in [0.15, 0.2) is 41.3 Å². The molecule has 2 rings (SSSR count). The molecule has 0 unspecified atom stereocenters. The SMILES string of the molecule is Nc1c(Nc2cc(F)cc(Cl)c2)cccc1S(N)(=O)=O. The maximum absolute atomic E-state index is 13.2. The predicted octanol–water partition coefficient (Wildman–Crippen LogP) is 2.45. The fraction of sp³-hybridized carbons (Fsp3) is 0. The number of benzene rings is 2. The maximum Gasteiger partial charge on any atom is 0.240 e. The molecule has 0 aliphatic carbocycles. The van der Waals surface area contributed by atoms with Crippen molar-refractivity contribution in [2.24, 2.45) is 5.14 Å². The lowest BCUT2D eigenvalue weighted by molar-refractivity contribution is 0.598. The van der Waals surface area contributed by atoms with E-state index in [1.54, 1.807) is 6.07 Å². The minimum Gasteiger partial charge on any atom is -0.396 e. The van der Waals surface area contributed by atoms with Gasteiger partial charge in [-0.05, 0) is 30.3 Å². The Morgan fingerprint density at radius 3 is 2.50 bits per heavy atom. The molecular weight excluding hydrogens is 305 g/mol. The summed E-state index contributed by atoms with van der Waals surface area (Å²) in [5.41, 5.74) is 6.33. The second-order valence-electron chi connectivity index (χ2n) is 4.05. The Hall–Kier alpha value is -1.83. The molecule has 0 spiro atoms. The molecule has 0 fully saturated rings. The van der Waals surface area contributed by atoms with Gasteiger partial charge < -0.3 is 11.1 Å². The molecular formula is C12H11ClFN3O2S. The van der Waals surface area contributed by atoms with Gasteiger partial charge in [-0.2, -0.15) is 0 Å². The van der Waals surface area contributed by atoms with E-state index in [9.17, 15) is 12.8 Å². The van der Waals surface area contributed by atoms with Gasteiger partial charge in [-0.15, -0.1) is 0 Å². The van der Waals surface area contributed by atoms with E-state index in [2.05, 4.69) is 5.32 Å². The van der Waals surface area contributed by atoms with Crippen LogP contribution in [0, 0.1) is 5.82 Å². The largest absolute Gasteiger partial charge is 0.396 e. The van der Waals surface area contributed by atoms with Crippen LogP contribution in [-0.2, 0) is 10.0 Å². The molecule has 20 heavy (non-hydrogen) atoms. The Labute approximate surface area is 120 Å². The van der Waals surface area contributed by atoms with Crippen LogP contribution < -0.4 is 16.2 Å². The summed E-state index contributed by atoms with van der Waals surface area (Å²) < 4.78 is 35.9. The van der Waals surface area contributed by atoms with Crippen molar-refractivity contribution in [1.82, 2.24) is 0 Å². The van der Waals surface area contributed by atoms with Gasteiger partial charge >= 0.3 is 0 Å². The van der Waals surface area contributed by atoms with Crippen molar-refractivity contribution in [2.75, 3.05) is 11.1 Å². The first-order valence-electron chi connectivity index (χ1n) is 5.42. The first-order chi connectivity index (χ1) is 9.27. The summed E-state index contributed by atoms with van der Waals surface area (Å²) in [7, 11) is -3.93. The maximum atomic E-state index is 13.2. The molecule has 0 amide bonds. The van der Waals surface area contributed by atoms with Gasteiger partial charge in [0, 0.05) is 10.7 Å². The molecule has 0 aliphatic heterocycles. The number of primary sulfonamides is 1. The van der Waals surface area contributed by atoms with Crippen LogP contribution in [0.4, 0.5) is 21.5 Å². The van der Waals surface area contributed by atoms with Crippen molar-refractivity contribution < 1.29 is 12.8 Å². The highest BCUT2D eigenvalue weighted by Gasteiger charge is 2.15. The fourth-order valence-electron chi connectivity index (χ4n) is 1.68. The molecule has 0 aromatic heterocycles. The van der Waals surface area contributed by atoms with Gasteiger partial charge in [0.2, 0.25) is 10.0 Å². The standard InChI is InChI=1S/C12H11ClFN3O2S/c13-7-4-8(14)6-9(5-7)17-10-2-1-3-11(12(10)15)20(16,18)19/h1-6,17H,15H2,(H2,16,18,19). The number of sulfonamides is 1. The minimum absolute atomic E-state index is 0.0459. The molecule has 5 N–H and O–H groups in total. The van der Waals surface area contributed by atoms with E-state index >= 15 is 0 Å². The Bertz CT molecular complexity index is 745. The molecule has 8 heteroatoms. The molecule has 0 bridgehead atoms. The molecule has 106 valence electrons. The second kappa shape index (κ2) is 5.28. The Morgan fingerprint density at radius 2 is 1.90 bits per heavy atom. The van der Waals surface area contributed by atoms with Crippen molar-refractivity contribution in [2.45, 2.75) is 4.90 Å². The smallest absolute Gasteiger partial charge is 0.240 e. The summed E-state index contributed by atoms with van der Waals surface area (Å²) in [5.74, 6) is -0.527. The van der Waals surface area contributed by atoms with E-state index in [4.69, 9.17) is 22.5 Å². The molecule has 0 radical (unpaired) electrons. The summed E-state index contributed by atoms with van der Waals surface area (Å²) in [6.45, 7) is 0. The number of rotatable bonds is 3. The first kappa shape index (κ1) is 14.6. The normalized spacial score (nSPS) is 11.3. The number of para-hydroxylation sites is 1. The van der Waals surface area contributed by atoms with Gasteiger partial charge in [0.25, 0.3) is 0 Å². The van der Waals surface area contributed by atoms with Crippen molar-refractivity contribution >= 4 is 38.7 Å². The average molecular weight is 316 g/mol. The first-order valence-corrected chi connectivity index (χ1v) is 7.34. The lowest BCUT2D eigenvalue weighted by Crippen LogP contribution is -2.15. The number of anilines is 3. The molecule has 0 saturated carbocycles. The molecule has 0 atom stereocenters. The highest BCUT2D eigenvalue weighted by Crippen LogP contribution is 2.29. The minimum atomic E-state index is -3.93. The topological polar surface area (TPSA) is 98.2 Å². The Morgan fingerprint density at radius 1 is 1.20 bits per heavy atom. The Kier molecular flexibility index (Phi) is 3.85. The number of hydrogen-bond donors (Lipinski definition) is 3. The van der Waals surface area contributed by atoms with E-state index in [-0.39, 0.29) is 21.3 Å². The number of nitrogens with one attached hydrogen (secondary N) is 1. The van der Waals surface area contributed by atoms with E-state index < -0.39 is 15.8 Å². The van der Waals surface area contributed by atoms with Crippen molar-refractivity contribution in [3.63, 3.8) is 0 Å². The molecule has 2 aromatic carbocycles. The third-order valence-corrected chi connectivity index (χ3v) is 3.70. The van der Waals surface area contributed by atoms with Gasteiger partial charge in [-0.3, -0.25) is 0 Å². The zero-order chi connectivity index (χ0) is 14.9. The number of hydrogen-bond acceptors (Lipinski definition) is 4. The third kappa shape index (κ3) is 3.19. The van der Waals surface area contributed by atoms with Gasteiger partial charge in [0.05, 0.1) is 11.4 Å². The summed E-state index contributed by atoms with van der Waals surface area (Å²) in [6, 6.07) is 8.13. The number of halogens is 2. The van der Waals surface area contributed by atoms with Gasteiger partial charge in [0.1, 0.15) is 10.7 Å². The summed E-state index contributed by atoms with van der Waals surface area (Å²) in [4.78, 5) is -0.204. The molecule has 0 saturated heterocycles. The van der Waals surface area contributed by atoms with Crippen molar-refractivity contribution in [3.8, 4) is 0 Å². The quantitative estimate of drug-likeness (QED) is 0.758. The predicted molar refractivity (Wildman–Crippen MR) is 76.9 cm³/mol. The zero-order valence-electron chi connectivity index (χ0n) is 10.1. The van der Waals surface area contributed by atoms with Crippen LogP contribution in [0.25, 0.3) is 0 Å². The van der Waals surface area contributed by atoms with Gasteiger partial charge in [0.15, 0.2) is 0 Å². The van der Waals surface area contributed by atoms with E-state index in [0.29, 0.717) is 5.69 Å². The molecule has 0 aliphatic rings. The van der Waals surface area contributed by atoms with E-state index in [1.165, 1.54) is 24.3 Å². The molecule has 5 nitrogen and oxygen atoms in total.